The first kappa shape index (κ1) is 19.9. The lowest BCUT2D eigenvalue weighted by Gasteiger charge is -2.22. The average molecular weight is 396 g/mol. The van der Waals surface area contributed by atoms with Crippen LogP contribution in [0.15, 0.2) is 18.3 Å². The van der Waals surface area contributed by atoms with E-state index in [0.29, 0.717) is 11.6 Å². The van der Waals surface area contributed by atoms with Gasteiger partial charge in [0.25, 0.3) is 0 Å². The number of piperidine rings is 1. The molecule has 2 aromatic rings. The third-order valence-electron chi connectivity index (χ3n) is 6.16. The van der Waals surface area contributed by atoms with Crippen molar-refractivity contribution >= 4 is 17.3 Å². The Morgan fingerprint density at radius 3 is 2.66 bits per heavy atom. The normalized spacial score (nSPS) is 18.4. The molecule has 0 radical (unpaired) electrons. The molecule has 2 saturated heterocycles. The van der Waals surface area contributed by atoms with Crippen LogP contribution >= 0.6 is 0 Å². The number of aromatic amines is 1. The Morgan fingerprint density at radius 1 is 1.17 bits per heavy atom. The van der Waals surface area contributed by atoms with Gasteiger partial charge in [-0.25, -0.2) is 9.97 Å². The molecule has 4 rings (SSSR count). The van der Waals surface area contributed by atoms with Crippen LogP contribution in [0.3, 0.4) is 0 Å². The third kappa shape index (κ3) is 4.78. The lowest BCUT2D eigenvalue weighted by atomic mass is 9.94. The summed E-state index contributed by atoms with van der Waals surface area (Å²) in [6, 6.07) is 4.08. The van der Waals surface area contributed by atoms with Crippen LogP contribution in [-0.2, 0) is 6.42 Å². The summed E-state index contributed by atoms with van der Waals surface area (Å²) in [7, 11) is 1.88. The maximum atomic E-state index is 8.72. The highest BCUT2D eigenvalue weighted by atomic mass is 15.2. The molecule has 0 bridgehead atoms. The Hall–Kier alpha value is -2.41. The fourth-order valence-electron chi connectivity index (χ4n) is 4.41. The molecule has 0 amide bonds. The highest BCUT2D eigenvalue weighted by molar-refractivity contribution is 6.12. The molecule has 0 saturated carbocycles. The van der Waals surface area contributed by atoms with Crippen molar-refractivity contribution < 1.29 is 0 Å². The minimum Gasteiger partial charge on any atom is -0.373 e. The Balaban J connectivity index is 1.49. The zero-order chi connectivity index (χ0) is 20.1. The van der Waals surface area contributed by atoms with Crippen LogP contribution in [0.1, 0.15) is 55.6 Å². The Labute approximate surface area is 173 Å². The number of nitrogens with one attached hydrogen (secondary N) is 4. The van der Waals surface area contributed by atoms with Crippen LogP contribution < -0.4 is 15.5 Å². The molecule has 7 heteroatoms. The van der Waals surface area contributed by atoms with Crippen LogP contribution in [0.2, 0.25) is 0 Å². The van der Waals surface area contributed by atoms with E-state index in [1.807, 2.05) is 13.1 Å². The largest absolute Gasteiger partial charge is 0.373 e. The number of imidazole rings is 1. The summed E-state index contributed by atoms with van der Waals surface area (Å²) in [5.74, 6) is 3.42. The van der Waals surface area contributed by atoms with Crippen LogP contribution in [0.5, 0.6) is 0 Å². The van der Waals surface area contributed by atoms with Crippen LogP contribution in [0.25, 0.3) is 0 Å². The van der Waals surface area contributed by atoms with Crippen molar-refractivity contribution in [2.45, 2.75) is 44.9 Å². The number of H-pyrrole nitrogens is 1. The number of hydrogen-bond acceptors (Lipinski definition) is 6. The van der Waals surface area contributed by atoms with Gasteiger partial charge in [-0.15, -0.1) is 0 Å². The van der Waals surface area contributed by atoms with E-state index < -0.39 is 0 Å². The fraction of sp³-hybridized carbons (Fsp3) is 0.591. The van der Waals surface area contributed by atoms with Crippen molar-refractivity contribution in [1.82, 2.24) is 20.3 Å². The molecule has 0 aromatic carbocycles. The maximum Gasteiger partial charge on any atom is 0.137 e. The minimum atomic E-state index is 0.438. The zero-order valence-electron chi connectivity index (χ0n) is 17.4. The van der Waals surface area contributed by atoms with Crippen LogP contribution in [0, 0.1) is 11.3 Å². The summed E-state index contributed by atoms with van der Waals surface area (Å²) in [6.45, 7) is 4.31. The molecular weight excluding hydrogens is 362 g/mol. The van der Waals surface area contributed by atoms with E-state index in [1.165, 1.54) is 38.5 Å². The van der Waals surface area contributed by atoms with E-state index in [2.05, 4.69) is 31.6 Å². The SMILES string of the molecule is CNc1nc(N2CCCCCC2)ccc1C(=N)c1cnc(CC2CCNCC2)[nH]1. The molecule has 0 atom stereocenters. The van der Waals surface area contributed by atoms with Gasteiger partial charge in [0.05, 0.1) is 17.6 Å². The van der Waals surface area contributed by atoms with Crippen molar-refractivity contribution in [3.8, 4) is 0 Å². The molecule has 0 aliphatic carbocycles. The lowest BCUT2D eigenvalue weighted by Crippen LogP contribution is -2.28. The highest BCUT2D eigenvalue weighted by Crippen LogP contribution is 2.24. The first-order valence-corrected chi connectivity index (χ1v) is 11.0. The molecule has 4 heterocycles. The van der Waals surface area contributed by atoms with E-state index in [1.54, 1.807) is 6.20 Å². The highest BCUT2D eigenvalue weighted by Gasteiger charge is 2.19. The number of anilines is 2. The Kier molecular flexibility index (Phi) is 6.44. The van der Waals surface area contributed by atoms with Crippen molar-refractivity contribution in [3.05, 3.63) is 35.4 Å². The monoisotopic (exact) mass is 395 g/mol. The standard InChI is InChI=1S/C22H33N7/c1-24-22-17(6-7-20(28-22)29-12-4-2-3-5-13-29)21(23)18-15-26-19(27-18)14-16-8-10-25-11-9-16/h6-7,15-16,23,25H,2-5,8-14H2,1H3,(H,24,28)(H,26,27). The van der Waals surface area contributed by atoms with Crippen LogP contribution in [0.4, 0.5) is 11.6 Å². The van der Waals surface area contributed by atoms with Crippen molar-refractivity contribution in [2.24, 2.45) is 5.92 Å². The van der Waals surface area contributed by atoms with Crippen LogP contribution in [-0.4, -0.2) is 53.9 Å². The molecule has 29 heavy (non-hydrogen) atoms. The van der Waals surface area contributed by atoms with Gasteiger partial charge in [-0.3, -0.25) is 5.41 Å². The second-order valence-electron chi connectivity index (χ2n) is 8.23. The fourth-order valence-corrected chi connectivity index (χ4v) is 4.41. The molecule has 156 valence electrons. The summed E-state index contributed by atoms with van der Waals surface area (Å²) < 4.78 is 0. The van der Waals surface area contributed by atoms with Gasteiger partial charge in [0.1, 0.15) is 17.5 Å². The zero-order valence-corrected chi connectivity index (χ0v) is 17.4. The summed E-state index contributed by atoms with van der Waals surface area (Å²) in [5, 5.41) is 15.3. The average Bonchev–Trinajstić information content (AvgIpc) is 3.05. The van der Waals surface area contributed by atoms with E-state index >= 15 is 0 Å². The first-order chi connectivity index (χ1) is 14.2. The van der Waals surface area contributed by atoms with E-state index in [-0.39, 0.29) is 0 Å². The Morgan fingerprint density at radius 2 is 1.93 bits per heavy atom. The molecule has 2 aliphatic rings. The van der Waals surface area contributed by atoms with Gasteiger partial charge in [-0.05, 0) is 56.8 Å². The molecule has 7 nitrogen and oxygen atoms in total. The van der Waals surface area contributed by atoms with Gasteiger partial charge >= 0.3 is 0 Å². The number of pyridine rings is 1. The number of aromatic nitrogens is 3. The maximum absolute atomic E-state index is 8.72. The van der Waals surface area contributed by atoms with E-state index in [9.17, 15) is 0 Å². The number of nitrogens with zero attached hydrogens (tertiary/aromatic N) is 3. The van der Waals surface area contributed by atoms with Gasteiger partial charge in [-0.1, -0.05) is 12.8 Å². The molecule has 2 fully saturated rings. The molecule has 2 aromatic heterocycles. The van der Waals surface area contributed by atoms with Crippen molar-refractivity contribution in [3.63, 3.8) is 0 Å². The lowest BCUT2D eigenvalue weighted by molar-refractivity contribution is 0.368. The minimum absolute atomic E-state index is 0.438. The topological polar surface area (TPSA) is 92.7 Å². The van der Waals surface area contributed by atoms with Gasteiger partial charge in [0.2, 0.25) is 0 Å². The third-order valence-corrected chi connectivity index (χ3v) is 6.16. The summed E-state index contributed by atoms with van der Waals surface area (Å²) in [4.78, 5) is 15.1. The van der Waals surface area contributed by atoms with Crippen molar-refractivity contribution in [2.75, 3.05) is 43.4 Å². The predicted octanol–water partition coefficient (Wildman–Crippen LogP) is 3.19. The molecule has 0 unspecified atom stereocenters. The second kappa shape index (κ2) is 9.39. The summed E-state index contributed by atoms with van der Waals surface area (Å²) >= 11 is 0. The predicted molar refractivity (Wildman–Crippen MR) is 118 cm³/mol. The summed E-state index contributed by atoms with van der Waals surface area (Å²) in [5.41, 5.74) is 2.01. The quantitative estimate of drug-likeness (QED) is 0.564. The smallest absolute Gasteiger partial charge is 0.137 e. The summed E-state index contributed by atoms with van der Waals surface area (Å²) in [6.07, 6.45) is 10.2. The molecular formula is C22H33N7. The molecule has 0 spiro atoms. The van der Waals surface area contributed by atoms with Gasteiger partial charge in [0, 0.05) is 32.1 Å². The van der Waals surface area contributed by atoms with Gasteiger partial charge < -0.3 is 20.5 Å². The van der Waals surface area contributed by atoms with E-state index in [4.69, 9.17) is 10.4 Å². The molecule has 2 aliphatic heterocycles. The first-order valence-electron chi connectivity index (χ1n) is 11.0. The molecule has 4 N–H and O–H groups in total. The van der Waals surface area contributed by atoms with Gasteiger partial charge in [0.15, 0.2) is 0 Å². The number of rotatable bonds is 6. The number of hydrogen-bond donors (Lipinski definition) is 4. The Bertz CT molecular complexity index is 814. The van der Waals surface area contributed by atoms with Gasteiger partial charge in [-0.2, -0.15) is 0 Å². The second-order valence-corrected chi connectivity index (χ2v) is 8.23. The van der Waals surface area contributed by atoms with Crippen molar-refractivity contribution in [1.29, 1.82) is 5.41 Å². The van der Waals surface area contributed by atoms with E-state index in [0.717, 1.165) is 61.3 Å².